The van der Waals surface area contributed by atoms with Gasteiger partial charge in [-0.1, -0.05) is 20.8 Å². The van der Waals surface area contributed by atoms with Crippen LogP contribution in [0.5, 0.6) is 0 Å². The van der Waals surface area contributed by atoms with Gasteiger partial charge in [0, 0.05) is 6.42 Å². The lowest BCUT2D eigenvalue weighted by molar-refractivity contribution is 0.447. The highest BCUT2D eigenvalue weighted by Crippen LogP contribution is 2.13. The molecule has 58 valence electrons. The topological polar surface area (TPSA) is 0 Å². The summed E-state index contributed by atoms with van der Waals surface area (Å²) in [6.45, 7) is 8.69. The normalized spacial score (nSPS) is 12.5. The van der Waals surface area contributed by atoms with Crippen LogP contribution in [0.2, 0.25) is 0 Å². The lowest BCUT2D eigenvalue weighted by atomic mass is 9.96. The average Bonchev–Trinajstić information content (AvgIpc) is 1.82. The standard InChI is InChI=1S/C10H18/c1-5-6-7-10(4)8-9(2)3/h9-10H,7-8H2,1-4H3. The highest BCUT2D eigenvalue weighted by atomic mass is 14.1. The molecule has 0 aliphatic rings. The molecule has 1 unspecified atom stereocenters. The molecule has 0 spiro atoms. The van der Waals surface area contributed by atoms with Crippen molar-refractivity contribution in [3.63, 3.8) is 0 Å². The minimum absolute atomic E-state index is 0.771. The fourth-order valence-corrected chi connectivity index (χ4v) is 1.16. The predicted octanol–water partition coefficient (Wildman–Crippen LogP) is 3.08. The van der Waals surface area contributed by atoms with Crippen LogP contribution < -0.4 is 0 Å². The van der Waals surface area contributed by atoms with Gasteiger partial charge < -0.3 is 0 Å². The van der Waals surface area contributed by atoms with Crippen molar-refractivity contribution in [3.8, 4) is 11.8 Å². The van der Waals surface area contributed by atoms with Crippen LogP contribution >= 0.6 is 0 Å². The summed E-state index contributed by atoms with van der Waals surface area (Å²) in [6.07, 6.45) is 2.36. The third-order valence-electron chi connectivity index (χ3n) is 1.50. The fraction of sp³-hybridized carbons (Fsp3) is 0.800. The molecule has 0 radical (unpaired) electrons. The van der Waals surface area contributed by atoms with Gasteiger partial charge in [-0.05, 0) is 25.2 Å². The summed E-state index contributed by atoms with van der Waals surface area (Å²) in [5, 5.41) is 0. The van der Waals surface area contributed by atoms with E-state index in [2.05, 4.69) is 32.6 Å². The molecule has 0 amide bonds. The highest BCUT2D eigenvalue weighted by molar-refractivity contribution is 4.95. The second kappa shape index (κ2) is 5.35. The zero-order valence-electron chi connectivity index (χ0n) is 7.57. The fourth-order valence-electron chi connectivity index (χ4n) is 1.16. The molecule has 0 aliphatic heterocycles. The Bertz CT molecular complexity index is 123. The van der Waals surface area contributed by atoms with E-state index >= 15 is 0 Å². The SMILES string of the molecule is CC#CCC(C)CC(C)C. The largest absolute Gasteiger partial charge is 0.107 e. The molecule has 0 N–H and O–H groups in total. The van der Waals surface area contributed by atoms with Crippen molar-refractivity contribution in [2.24, 2.45) is 11.8 Å². The van der Waals surface area contributed by atoms with Gasteiger partial charge >= 0.3 is 0 Å². The summed E-state index contributed by atoms with van der Waals surface area (Å²) >= 11 is 0. The van der Waals surface area contributed by atoms with E-state index in [0.29, 0.717) is 0 Å². The van der Waals surface area contributed by atoms with Crippen molar-refractivity contribution in [2.45, 2.75) is 40.5 Å². The Morgan fingerprint density at radius 2 is 1.80 bits per heavy atom. The predicted molar refractivity (Wildman–Crippen MR) is 46.7 cm³/mol. The molecule has 0 heterocycles. The zero-order chi connectivity index (χ0) is 7.98. The number of hydrogen-bond donors (Lipinski definition) is 0. The van der Waals surface area contributed by atoms with Gasteiger partial charge in [0.05, 0.1) is 0 Å². The first-order valence-electron chi connectivity index (χ1n) is 4.06. The van der Waals surface area contributed by atoms with E-state index in [9.17, 15) is 0 Å². The van der Waals surface area contributed by atoms with Gasteiger partial charge in [0.1, 0.15) is 0 Å². The Kier molecular flexibility index (Phi) is 5.12. The second-order valence-corrected chi connectivity index (χ2v) is 3.37. The van der Waals surface area contributed by atoms with Gasteiger partial charge in [0.25, 0.3) is 0 Å². The molecule has 0 nitrogen and oxygen atoms in total. The first-order chi connectivity index (χ1) is 4.66. The summed E-state index contributed by atoms with van der Waals surface area (Å²) in [5.41, 5.74) is 0. The van der Waals surface area contributed by atoms with Gasteiger partial charge in [-0.2, -0.15) is 0 Å². The Morgan fingerprint density at radius 1 is 1.20 bits per heavy atom. The minimum Gasteiger partial charge on any atom is -0.107 e. The maximum absolute atomic E-state index is 3.10. The average molecular weight is 138 g/mol. The summed E-state index contributed by atoms with van der Waals surface area (Å²) in [4.78, 5) is 0. The molecule has 1 atom stereocenters. The van der Waals surface area contributed by atoms with Gasteiger partial charge in [0.15, 0.2) is 0 Å². The molecule has 0 aliphatic carbocycles. The highest BCUT2D eigenvalue weighted by Gasteiger charge is 2.01. The van der Waals surface area contributed by atoms with E-state index in [1.807, 2.05) is 6.92 Å². The van der Waals surface area contributed by atoms with Crippen molar-refractivity contribution in [1.82, 2.24) is 0 Å². The lowest BCUT2D eigenvalue weighted by Gasteiger charge is -2.09. The first-order valence-corrected chi connectivity index (χ1v) is 4.06. The molecular weight excluding hydrogens is 120 g/mol. The van der Waals surface area contributed by atoms with Crippen molar-refractivity contribution in [1.29, 1.82) is 0 Å². The van der Waals surface area contributed by atoms with E-state index in [0.717, 1.165) is 18.3 Å². The molecule has 0 bridgehead atoms. The monoisotopic (exact) mass is 138 g/mol. The Morgan fingerprint density at radius 3 is 2.20 bits per heavy atom. The molecule has 0 aromatic heterocycles. The molecule has 0 saturated carbocycles. The first kappa shape index (κ1) is 9.56. The van der Waals surface area contributed by atoms with Crippen molar-refractivity contribution >= 4 is 0 Å². The van der Waals surface area contributed by atoms with Crippen LogP contribution in [0.3, 0.4) is 0 Å². The van der Waals surface area contributed by atoms with Gasteiger partial charge in [-0.25, -0.2) is 0 Å². The maximum atomic E-state index is 3.10. The third-order valence-corrected chi connectivity index (χ3v) is 1.50. The van der Waals surface area contributed by atoms with Crippen molar-refractivity contribution < 1.29 is 0 Å². The van der Waals surface area contributed by atoms with Crippen LogP contribution in [0.15, 0.2) is 0 Å². The molecule has 0 fully saturated rings. The molecule has 10 heavy (non-hydrogen) atoms. The van der Waals surface area contributed by atoms with E-state index in [1.165, 1.54) is 6.42 Å². The van der Waals surface area contributed by atoms with Crippen LogP contribution in [-0.4, -0.2) is 0 Å². The van der Waals surface area contributed by atoms with Gasteiger partial charge in [0.2, 0.25) is 0 Å². The van der Waals surface area contributed by atoms with E-state index in [1.54, 1.807) is 0 Å². The van der Waals surface area contributed by atoms with Crippen LogP contribution in [0.4, 0.5) is 0 Å². The second-order valence-electron chi connectivity index (χ2n) is 3.37. The van der Waals surface area contributed by atoms with Crippen LogP contribution in [0.1, 0.15) is 40.5 Å². The smallest absolute Gasteiger partial charge is 0.0114 e. The van der Waals surface area contributed by atoms with Crippen molar-refractivity contribution in [3.05, 3.63) is 0 Å². The molecule has 0 aromatic rings. The molecule has 0 heteroatoms. The van der Waals surface area contributed by atoms with Crippen molar-refractivity contribution in [2.75, 3.05) is 0 Å². The molecule has 0 aromatic carbocycles. The third kappa shape index (κ3) is 5.69. The zero-order valence-corrected chi connectivity index (χ0v) is 7.57. The Hall–Kier alpha value is -0.440. The summed E-state index contributed by atoms with van der Waals surface area (Å²) in [5.74, 6) is 7.61. The quantitative estimate of drug-likeness (QED) is 0.526. The summed E-state index contributed by atoms with van der Waals surface area (Å²) < 4.78 is 0. The molecular formula is C10H18. The van der Waals surface area contributed by atoms with Gasteiger partial charge in [-0.3, -0.25) is 0 Å². The summed E-state index contributed by atoms with van der Waals surface area (Å²) in [7, 11) is 0. The number of rotatable bonds is 3. The van der Waals surface area contributed by atoms with E-state index in [4.69, 9.17) is 0 Å². The lowest BCUT2D eigenvalue weighted by Crippen LogP contribution is -1.98. The summed E-state index contributed by atoms with van der Waals surface area (Å²) in [6, 6.07) is 0. The Labute approximate surface area is 65.0 Å². The molecule has 0 rings (SSSR count). The Balaban J connectivity index is 3.40. The van der Waals surface area contributed by atoms with Gasteiger partial charge in [-0.15, -0.1) is 11.8 Å². The van der Waals surface area contributed by atoms with Crippen LogP contribution in [0, 0.1) is 23.7 Å². The van der Waals surface area contributed by atoms with E-state index < -0.39 is 0 Å². The number of hydrogen-bond acceptors (Lipinski definition) is 0. The van der Waals surface area contributed by atoms with Crippen LogP contribution in [0.25, 0.3) is 0 Å². The van der Waals surface area contributed by atoms with Crippen LogP contribution in [-0.2, 0) is 0 Å². The van der Waals surface area contributed by atoms with E-state index in [-0.39, 0.29) is 0 Å². The maximum Gasteiger partial charge on any atom is 0.0114 e. The minimum atomic E-state index is 0.771. The molecule has 0 saturated heterocycles.